The highest BCUT2D eigenvalue weighted by atomic mass is 16.8. The van der Waals surface area contributed by atoms with Crippen LogP contribution in [-0.2, 0) is 23.7 Å². The molecule has 0 aromatic carbocycles. The molecular formula is C24H44N2O8. The zero-order valence-corrected chi connectivity index (χ0v) is 21.6. The third-order valence-corrected chi connectivity index (χ3v) is 7.69. The van der Waals surface area contributed by atoms with Crippen molar-refractivity contribution >= 4 is 5.97 Å². The number of epoxide rings is 1. The van der Waals surface area contributed by atoms with Gasteiger partial charge in [-0.15, -0.1) is 0 Å². The van der Waals surface area contributed by atoms with Crippen LogP contribution < -0.4 is 0 Å². The fraction of sp³-hybridized carbons (Fsp3) is 0.958. The highest BCUT2D eigenvalue weighted by molar-refractivity contribution is 5.73. The van der Waals surface area contributed by atoms with Crippen LogP contribution in [0, 0.1) is 5.92 Å². The number of cyclic esters (lactones) is 1. The molecule has 0 amide bonds. The number of ether oxygens (including phenoxy) is 4. The Morgan fingerprint density at radius 2 is 1.88 bits per heavy atom. The number of nitrogens with zero attached hydrogens (tertiary/aromatic N) is 2. The van der Waals surface area contributed by atoms with Crippen LogP contribution in [0.15, 0.2) is 0 Å². The molecule has 0 aromatic rings. The number of esters is 1. The predicted molar refractivity (Wildman–Crippen MR) is 124 cm³/mol. The summed E-state index contributed by atoms with van der Waals surface area (Å²) in [5, 5.41) is 32.9. The van der Waals surface area contributed by atoms with Crippen LogP contribution in [0.5, 0.6) is 0 Å². The number of carbonyl (C=O) groups is 1. The molecule has 3 fully saturated rings. The van der Waals surface area contributed by atoms with E-state index in [-0.39, 0.29) is 18.4 Å². The van der Waals surface area contributed by atoms with E-state index in [0.29, 0.717) is 38.6 Å². The number of hydrogen-bond donors (Lipinski definition) is 3. The number of aliphatic hydroxyl groups excluding tert-OH is 1. The molecule has 0 bridgehead atoms. The molecule has 10 heteroatoms. The van der Waals surface area contributed by atoms with Gasteiger partial charge in [-0.1, -0.05) is 6.92 Å². The van der Waals surface area contributed by atoms with E-state index in [2.05, 4.69) is 4.90 Å². The van der Waals surface area contributed by atoms with E-state index in [1.54, 1.807) is 32.7 Å². The van der Waals surface area contributed by atoms with Gasteiger partial charge in [0, 0.05) is 19.0 Å². The molecule has 5 unspecified atom stereocenters. The average Bonchev–Trinajstić information content (AvgIpc) is 3.55. The number of fused-ring (bicyclic) bond motifs is 1. The Balaban J connectivity index is 1.81. The van der Waals surface area contributed by atoms with Crippen molar-refractivity contribution in [2.24, 2.45) is 5.92 Å². The molecule has 3 N–H and O–H groups in total. The fourth-order valence-corrected chi connectivity index (χ4v) is 5.00. The SMILES string of the molecule is CC[C@H]1OC(=O)C(C)[C@@H](OC2CC(N(C)C)C3O[C@H]3O2)CC[C@](C)(O)CCN(C)C(O)[C@]1(C)O. The standard InChI is InChI=1S/C24H44N2O8/c1-8-17-24(4,30)22(28)26(7)12-11-23(3,29)10-9-16(14(2)20(27)32-17)31-18-13-15(25(5)6)19-21(33-18)34-19/h14-19,21-22,28-30H,8-13H2,1-7H3/t14?,15?,16-,17+,18?,19?,21+,22?,23-,24+/m0/s1. The molecule has 0 aromatic heterocycles. The lowest BCUT2D eigenvalue weighted by Crippen LogP contribution is -2.58. The summed E-state index contributed by atoms with van der Waals surface area (Å²) in [6.07, 6.45) is -1.43. The largest absolute Gasteiger partial charge is 0.459 e. The van der Waals surface area contributed by atoms with Crippen LogP contribution in [0.3, 0.4) is 0 Å². The predicted octanol–water partition coefficient (Wildman–Crippen LogP) is 0.667. The first-order valence-corrected chi connectivity index (χ1v) is 12.4. The monoisotopic (exact) mass is 488 g/mol. The number of carbonyl (C=O) groups excluding carboxylic acids is 1. The Kier molecular flexibility index (Phi) is 8.68. The Labute approximate surface area is 203 Å². The molecule has 0 radical (unpaired) electrons. The lowest BCUT2D eigenvalue weighted by molar-refractivity contribution is -0.226. The molecule has 3 heterocycles. The quantitative estimate of drug-likeness (QED) is 0.384. The number of hydrogen-bond acceptors (Lipinski definition) is 10. The van der Waals surface area contributed by atoms with Gasteiger partial charge in [-0.25, -0.2) is 0 Å². The van der Waals surface area contributed by atoms with Crippen molar-refractivity contribution in [2.45, 2.75) is 114 Å². The normalized spacial score (nSPS) is 47.2. The van der Waals surface area contributed by atoms with Gasteiger partial charge in [-0.3, -0.25) is 9.69 Å². The number of likely N-dealkylation sites (N-methyl/N-ethyl adjacent to an activating group) is 2. The van der Waals surface area contributed by atoms with Crippen molar-refractivity contribution < 1.29 is 39.1 Å². The van der Waals surface area contributed by atoms with Gasteiger partial charge >= 0.3 is 5.97 Å². The molecule has 3 rings (SSSR count). The van der Waals surface area contributed by atoms with Crippen molar-refractivity contribution in [1.29, 1.82) is 0 Å². The van der Waals surface area contributed by atoms with Crippen molar-refractivity contribution in [3.63, 3.8) is 0 Å². The van der Waals surface area contributed by atoms with Crippen molar-refractivity contribution in [2.75, 3.05) is 27.7 Å². The summed E-state index contributed by atoms with van der Waals surface area (Å²) in [6, 6.07) is 0.153. The van der Waals surface area contributed by atoms with Gasteiger partial charge in [0.1, 0.15) is 24.0 Å². The Hall–Kier alpha value is -0.850. The summed E-state index contributed by atoms with van der Waals surface area (Å²) >= 11 is 0. The first kappa shape index (κ1) is 27.7. The summed E-state index contributed by atoms with van der Waals surface area (Å²) in [6.45, 7) is 7.08. The van der Waals surface area contributed by atoms with Gasteiger partial charge in [0.15, 0.2) is 12.6 Å². The zero-order chi connectivity index (χ0) is 25.4. The van der Waals surface area contributed by atoms with Gasteiger partial charge in [0.25, 0.3) is 0 Å². The summed E-state index contributed by atoms with van der Waals surface area (Å²) in [4.78, 5) is 16.8. The van der Waals surface area contributed by atoms with Crippen LogP contribution in [0.4, 0.5) is 0 Å². The van der Waals surface area contributed by atoms with E-state index in [1.165, 1.54) is 6.92 Å². The van der Waals surface area contributed by atoms with Crippen molar-refractivity contribution in [3.8, 4) is 0 Å². The fourth-order valence-electron chi connectivity index (χ4n) is 5.00. The Morgan fingerprint density at radius 1 is 1.21 bits per heavy atom. The third kappa shape index (κ3) is 6.28. The van der Waals surface area contributed by atoms with Gasteiger partial charge < -0.3 is 39.2 Å². The molecular weight excluding hydrogens is 444 g/mol. The van der Waals surface area contributed by atoms with Gasteiger partial charge in [0.2, 0.25) is 0 Å². The smallest absolute Gasteiger partial charge is 0.311 e. The van der Waals surface area contributed by atoms with E-state index in [9.17, 15) is 20.1 Å². The summed E-state index contributed by atoms with van der Waals surface area (Å²) in [7, 11) is 5.65. The Morgan fingerprint density at radius 3 is 2.50 bits per heavy atom. The molecule has 0 aliphatic carbocycles. The van der Waals surface area contributed by atoms with Crippen molar-refractivity contribution in [3.05, 3.63) is 0 Å². The lowest BCUT2D eigenvalue weighted by atomic mass is 9.90. The summed E-state index contributed by atoms with van der Waals surface area (Å²) in [5.74, 6) is -1.19. The van der Waals surface area contributed by atoms with Crippen molar-refractivity contribution in [1.82, 2.24) is 9.80 Å². The average molecular weight is 489 g/mol. The summed E-state index contributed by atoms with van der Waals surface area (Å²) < 4.78 is 23.6. The number of aliphatic hydroxyl groups is 3. The van der Waals surface area contributed by atoms with Crippen LogP contribution in [0.2, 0.25) is 0 Å². The van der Waals surface area contributed by atoms with Crippen LogP contribution in [0.25, 0.3) is 0 Å². The maximum atomic E-state index is 13.2. The highest BCUT2D eigenvalue weighted by Gasteiger charge is 2.54. The van der Waals surface area contributed by atoms with E-state index >= 15 is 0 Å². The minimum Gasteiger partial charge on any atom is -0.459 e. The van der Waals surface area contributed by atoms with Gasteiger partial charge in [-0.2, -0.15) is 0 Å². The minimum atomic E-state index is -1.70. The number of rotatable bonds is 4. The Bertz CT molecular complexity index is 702. The highest BCUT2D eigenvalue weighted by Crippen LogP contribution is 2.39. The van der Waals surface area contributed by atoms with Crippen LogP contribution in [0.1, 0.15) is 59.8 Å². The second-order valence-corrected chi connectivity index (χ2v) is 11.0. The van der Waals surface area contributed by atoms with E-state index < -0.39 is 47.8 Å². The second kappa shape index (κ2) is 10.6. The molecule has 3 saturated heterocycles. The van der Waals surface area contributed by atoms with E-state index in [0.717, 1.165) is 0 Å². The molecule has 3 aliphatic rings. The molecule has 3 aliphatic heterocycles. The molecule has 198 valence electrons. The molecule has 0 spiro atoms. The third-order valence-electron chi connectivity index (χ3n) is 7.69. The zero-order valence-electron chi connectivity index (χ0n) is 21.6. The first-order chi connectivity index (χ1) is 15.8. The van der Waals surface area contributed by atoms with Crippen LogP contribution >= 0.6 is 0 Å². The van der Waals surface area contributed by atoms with Gasteiger partial charge in [0.05, 0.1) is 17.6 Å². The van der Waals surface area contributed by atoms with E-state index in [4.69, 9.17) is 18.9 Å². The lowest BCUT2D eigenvalue weighted by Gasteiger charge is -2.40. The topological polar surface area (TPSA) is 124 Å². The first-order valence-electron chi connectivity index (χ1n) is 12.4. The summed E-state index contributed by atoms with van der Waals surface area (Å²) in [5.41, 5.74) is -2.74. The van der Waals surface area contributed by atoms with Crippen LogP contribution in [-0.4, -0.2) is 113 Å². The molecule has 34 heavy (non-hydrogen) atoms. The van der Waals surface area contributed by atoms with Gasteiger partial charge in [-0.05, 0) is 67.6 Å². The molecule has 10 atom stereocenters. The maximum Gasteiger partial charge on any atom is 0.311 e. The van der Waals surface area contributed by atoms with E-state index in [1.807, 2.05) is 14.1 Å². The minimum absolute atomic E-state index is 0.0361. The molecule has 0 saturated carbocycles. The maximum absolute atomic E-state index is 13.2. The molecule has 10 nitrogen and oxygen atoms in total. The second-order valence-electron chi connectivity index (χ2n) is 11.0.